The lowest BCUT2D eigenvalue weighted by Gasteiger charge is -2.10. The fourth-order valence-corrected chi connectivity index (χ4v) is 2.36. The Balaban J connectivity index is 2.02. The van der Waals surface area contributed by atoms with Crippen LogP contribution < -0.4 is 4.74 Å². The summed E-state index contributed by atoms with van der Waals surface area (Å²) in [6, 6.07) is 17.7. The van der Waals surface area contributed by atoms with Crippen molar-refractivity contribution >= 4 is 18.6 Å². The van der Waals surface area contributed by atoms with Gasteiger partial charge in [-0.25, -0.2) is 4.98 Å². The lowest BCUT2D eigenvalue weighted by atomic mass is 9.92. The van der Waals surface area contributed by atoms with Crippen LogP contribution in [-0.2, 0) is 6.32 Å². The average molecular weight is 272 g/mol. The lowest BCUT2D eigenvalue weighted by molar-refractivity contribution is 0.468. The molecule has 0 bridgehead atoms. The van der Waals surface area contributed by atoms with E-state index in [1.807, 2.05) is 30.3 Å². The zero-order chi connectivity index (χ0) is 14.7. The van der Waals surface area contributed by atoms with Crippen molar-refractivity contribution in [2.75, 3.05) is 0 Å². The fourth-order valence-electron chi connectivity index (χ4n) is 2.36. The average Bonchev–Trinajstić information content (AvgIpc) is 2.55. The molecule has 0 fully saturated rings. The molecule has 1 heterocycles. The first-order valence-electron chi connectivity index (χ1n) is 6.86. The summed E-state index contributed by atoms with van der Waals surface area (Å²) < 4.78 is 5.87. The van der Waals surface area contributed by atoms with Crippen molar-refractivity contribution in [1.29, 1.82) is 5.26 Å². The number of aromatic nitrogens is 1. The SMILES string of the molecule is BCc1cccc2c(Oc3ccc(C#N)cn3)cccc12. The second-order valence-corrected chi connectivity index (χ2v) is 4.72. The van der Waals surface area contributed by atoms with Gasteiger partial charge in [-0.15, -0.1) is 0 Å². The molecule has 3 nitrogen and oxygen atoms in total. The van der Waals surface area contributed by atoms with Crippen LogP contribution in [-0.4, -0.2) is 12.8 Å². The molecule has 3 rings (SSSR count). The van der Waals surface area contributed by atoms with Crippen LogP contribution in [0.2, 0.25) is 0 Å². The van der Waals surface area contributed by atoms with E-state index >= 15 is 0 Å². The van der Waals surface area contributed by atoms with E-state index < -0.39 is 0 Å². The second-order valence-electron chi connectivity index (χ2n) is 4.72. The molecular formula is C17H13BN2O. The molecule has 0 unspecified atom stereocenters. The van der Waals surface area contributed by atoms with Crippen LogP contribution in [0.25, 0.3) is 10.8 Å². The molecule has 0 aliphatic heterocycles. The third-order valence-electron chi connectivity index (χ3n) is 3.43. The summed E-state index contributed by atoms with van der Waals surface area (Å²) in [5.74, 6) is 1.27. The zero-order valence-corrected chi connectivity index (χ0v) is 11.7. The topological polar surface area (TPSA) is 45.9 Å². The van der Waals surface area contributed by atoms with Gasteiger partial charge in [0, 0.05) is 17.6 Å². The molecule has 0 saturated heterocycles. The Labute approximate surface area is 124 Å². The van der Waals surface area contributed by atoms with Crippen LogP contribution in [0.15, 0.2) is 54.7 Å². The molecule has 0 N–H and O–H groups in total. The predicted molar refractivity (Wildman–Crippen MR) is 85.2 cm³/mol. The molecular weight excluding hydrogens is 259 g/mol. The summed E-state index contributed by atoms with van der Waals surface area (Å²) in [7, 11) is 2.14. The number of nitrogens with zero attached hydrogens (tertiary/aromatic N) is 2. The molecule has 0 spiro atoms. The monoisotopic (exact) mass is 272 g/mol. The molecule has 100 valence electrons. The van der Waals surface area contributed by atoms with Gasteiger partial charge in [0.15, 0.2) is 0 Å². The maximum absolute atomic E-state index is 8.79. The van der Waals surface area contributed by atoms with Gasteiger partial charge in [-0.3, -0.25) is 0 Å². The molecule has 4 heteroatoms. The molecule has 0 atom stereocenters. The van der Waals surface area contributed by atoms with E-state index in [0.717, 1.165) is 17.5 Å². The van der Waals surface area contributed by atoms with E-state index in [4.69, 9.17) is 10.00 Å². The predicted octanol–water partition coefficient (Wildman–Crippen LogP) is 3.03. The molecule has 0 aliphatic carbocycles. The number of hydrogen-bond acceptors (Lipinski definition) is 3. The van der Waals surface area contributed by atoms with Gasteiger partial charge >= 0.3 is 0 Å². The van der Waals surface area contributed by atoms with E-state index in [-0.39, 0.29) is 0 Å². The van der Waals surface area contributed by atoms with Crippen molar-refractivity contribution in [3.05, 3.63) is 65.9 Å². The van der Waals surface area contributed by atoms with E-state index in [2.05, 4.69) is 25.0 Å². The second kappa shape index (κ2) is 5.68. The molecule has 0 saturated carbocycles. The first kappa shape index (κ1) is 13.2. The number of nitriles is 1. The van der Waals surface area contributed by atoms with Gasteiger partial charge in [0.25, 0.3) is 0 Å². The van der Waals surface area contributed by atoms with Gasteiger partial charge in [0.2, 0.25) is 5.88 Å². The molecule has 1 aromatic heterocycles. The van der Waals surface area contributed by atoms with Crippen molar-refractivity contribution in [1.82, 2.24) is 4.98 Å². The number of rotatable bonds is 3. The summed E-state index contributed by atoms with van der Waals surface area (Å²) in [5, 5.41) is 11.1. The Hall–Kier alpha value is -2.80. The van der Waals surface area contributed by atoms with Gasteiger partial charge in [0.05, 0.1) is 5.56 Å². The van der Waals surface area contributed by atoms with E-state index in [1.54, 1.807) is 12.1 Å². The zero-order valence-electron chi connectivity index (χ0n) is 11.7. The third-order valence-corrected chi connectivity index (χ3v) is 3.43. The van der Waals surface area contributed by atoms with Gasteiger partial charge in [0.1, 0.15) is 19.7 Å². The quantitative estimate of drug-likeness (QED) is 0.688. The van der Waals surface area contributed by atoms with Crippen molar-refractivity contribution in [3.63, 3.8) is 0 Å². The smallest absolute Gasteiger partial charge is 0.219 e. The minimum atomic E-state index is 0.489. The third kappa shape index (κ3) is 2.59. The van der Waals surface area contributed by atoms with E-state index in [0.29, 0.717) is 11.4 Å². The van der Waals surface area contributed by atoms with Crippen molar-refractivity contribution in [2.45, 2.75) is 6.32 Å². The molecule has 21 heavy (non-hydrogen) atoms. The van der Waals surface area contributed by atoms with Gasteiger partial charge < -0.3 is 4.74 Å². The van der Waals surface area contributed by atoms with Crippen LogP contribution in [0.1, 0.15) is 11.1 Å². The maximum Gasteiger partial charge on any atom is 0.219 e. The van der Waals surface area contributed by atoms with Crippen LogP contribution in [0.5, 0.6) is 11.6 Å². The molecule has 0 amide bonds. The number of pyridine rings is 1. The highest BCUT2D eigenvalue weighted by atomic mass is 16.5. The first-order chi connectivity index (χ1) is 10.3. The Morgan fingerprint density at radius 3 is 2.57 bits per heavy atom. The highest BCUT2D eigenvalue weighted by molar-refractivity contribution is 6.10. The van der Waals surface area contributed by atoms with Crippen molar-refractivity contribution in [3.8, 4) is 17.7 Å². The van der Waals surface area contributed by atoms with Crippen molar-refractivity contribution in [2.24, 2.45) is 0 Å². The fraction of sp³-hybridized carbons (Fsp3) is 0.0588. The minimum absolute atomic E-state index is 0.489. The summed E-state index contributed by atoms with van der Waals surface area (Å²) >= 11 is 0. The Morgan fingerprint density at radius 1 is 1.05 bits per heavy atom. The lowest BCUT2D eigenvalue weighted by Crippen LogP contribution is -1.91. The Kier molecular flexibility index (Phi) is 3.57. The summed E-state index contributed by atoms with van der Waals surface area (Å²) in [6.07, 6.45) is 2.49. The summed E-state index contributed by atoms with van der Waals surface area (Å²) in [4.78, 5) is 4.15. The summed E-state index contributed by atoms with van der Waals surface area (Å²) in [6.45, 7) is 0. The number of fused-ring (bicyclic) bond motifs is 1. The van der Waals surface area contributed by atoms with E-state index in [9.17, 15) is 0 Å². The highest BCUT2D eigenvalue weighted by Crippen LogP contribution is 2.30. The van der Waals surface area contributed by atoms with Gasteiger partial charge in [-0.05, 0) is 23.1 Å². The van der Waals surface area contributed by atoms with E-state index in [1.165, 1.54) is 17.1 Å². The van der Waals surface area contributed by atoms with Crippen LogP contribution in [0, 0.1) is 11.3 Å². The molecule has 3 aromatic rings. The number of hydrogen-bond donors (Lipinski definition) is 0. The standard InChI is InChI=1S/C17H13BN2O/c18-9-13-3-1-5-15-14(13)4-2-6-16(15)21-17-8-7-12(10-19)11-20-17/h1-8,11H,9,18H2. The minimum Gasteiger partial charge on any atom is -0.438 e. The number of benzene rings is 2. The first-order valence-corrected chi connectivity index (χ1v) is 6.86. The van der Waals surface area contributed by atoms with Crippen molar-refractivity contribution < 1.29 is 4.74 Å². The van der Waals surface area contributed by atoms with Gasteiger partial charge in [-0.1, -0.05) is 36.7 Å². The number of ether oxygens (including phenoxy) is 1. The summed E-state index contributed by atoms with van der Waals surface area (Å²) in [5.41, 5.74) is 1.82. The molecule has 2 aromatic carbocycles. The maximum atomic E-state index is 8.79. The largest absolute Gasteiger partial charge is 0.438 e. The van der Waals surface area contributed by atoms with Crippen LogP contribution in [0.4, 0.5) is 0 Å². The highest BCUT2D eigenvalue weighted by Gasteiger charge is 2.06. The Bertz CT molecular complexity index is 822. The van der Waals surface area contributed by atoms with Crippen LogP contribution >= 0.6 is 0 Å². The molecule has 0 radical (unpaired) electrons. The molecule has 0 aliphatic rings. The van der Waals surface area contributed by atoms with Crippen LogP contribution in [0.3, 0.4) is 0 Å². The van der Waals surface area contributed by atoms with Gasteiger partial charge in [-0.2, -0.15) is 5.26 Å². The normalized spacial score (nSPS) is 10.2. The Morgan fingerprint density at radius 2 is 1.86 bits per heavy atom.